The van der Waals surface area contributed by atoms with Crippen molar-refractivity contribution in [2.75, 3.05) is 0 Å². The van der Waals surface area contributed by atoms with E-state index in [-0.39, 0.29) is 6.04 Å². The first kappa shape index (κ1) is 8.96. The summed E-state index contributed by atoms with van der Waals surface area (Å²) in [5, 5.41) is 7.58. The third-order valence-corrected chi connectivity index (χ3v) is 2.14. The molecule has 2 rings (SSSR count). The summed E-state index contributed by atoms with van der Waals surface area (Å²) in [4.78, 5) is 0. The number of aromatic nitrogens is 3. The molecule has 0 radical (unpaired) electrons. The second kappa shape index (κ2) is 3.26. The van der Waals surface area contributed by atoms with Crippen molar-refractivity contribution in [2.45, 2.75) is 13.0 Å². The van der Waals surface area contributed by atoms with Crippen LogP contribution in [-0.4, -0.2) is 15.0 Å². The molecule has 1 unspecified atom stereocenters. The van der Waals surface area contributed by atoms with Gasteiger partial charge in [-0.05, 0) is 19.1 Å². The van der Waals surface area contributed by atoms with Gasteiger partial charge < -0.3 is 10.2 Å². The zero-order valence-electron chi connectivity index (χ0n) is 8.14. The minimum Gasteiger partial charge on any atom is -0.464 e. The summed E-state index contributed by atoms with van der Waals surface area (Å²) in [5.41, 5.74) is 6.81. The molecule has 14 heavy (non-hydrogen) atoms. The highest BCUT2D eigenvalue weighted by Crippen LogP contribution is 2.19. The van der Waals surface area contributed by atoms with Crippen LogP contribution < -0.4 is 5.73 Å². The molecular formula is C9H12N4O. The molecule has 5 nitrogen and oxygen atoms in total. The van der Waals surface area contributed by atoms with Crippen molar-refractivity contribution in [2.24, 2.45) is 12.8 Å². The Hall–Kier alpha value is -1.62. The Kier molecular flexibility index (Phi) is 2.09. The van der Waals surface area contributed by atoms with Gasteiger partial charge in [0.15, 0.2) is 0 Å². The molecule has 0 aliphatic rings. The fourth-order valence-electron chi connectivity index (χ4n) is 1.35. The van der Waals surface area contributed by atoms with Gasteiger partial charge in [0.1, 0.15) is 17.6 Å². The molecule has 0 saturated heterocycles. The average molecular weight is 192 g/mol. The van der Waals surface area contributed by atoms with Gasteiger partial charge in [-0.25, -0.2) is 0 Å². The normalized spacial score (nSPS) is 13.1. The van der Waals surface area contributed by atoms with Crippen molar-refractivity contribution in [3.8, 4) is 0 Å². The SMILES string of the molecule is Cc1ccc(C(N)c2cnnn2C)o1. The molecule has 0 bridgehead atoms. The van der Waals surface area contributed by atoms with E-state index in [4.69, 9.17) is 10.2 Å². The molecule has 2 heterocycles. The zero-order chi connectivity index (χ0) is 10.1. The number of furan rings is 1. The molecule has 0 aliphatic carbocycles. The molecule has 0 amide bonds. The highest BCUT2D eigenvalue weighted by molar-refractivity contribution is 5.18. The zero-order valence-corrected chi connectivity index (χ0v) is 8.14. The summed E-state index contributed by atoms with van der Waals surface area (Å²) in [6.07, 6.45) is 1.64. The molecule has 5 heteroatoms. The van der Waals surface area contributed by atoms with Crippen LogP contribution in [0.1, 0.15) is 23.3 Å². The van der Waals surface area contributed by atoms with Crippen molar-refractivity contribution in [3.63, 3.8) is 0 Å². The first-order valence-corrected chi connectivity index (χ1v) is 4.35. The number of rotatable bonds is 2. The number of nitrogens with two attached hydrogens (primary N) is 1. The molecule has 0 saturated carbocycles. The molecule has 2 N–H and O–H groups in total. The highest BCUT2D eigenvalue weighted by Gasteiger charge is 2.16. The van der Waals surface area contributed by atoms with Crippen molar-refractivity contribution in [1.29, 1.82) is 0 Å². The lowest BCUT2D eigenvalue weighted by molar-refractivity contribution is 0.457. The van der Waals surface area contributed by atoms with Crippen LogP contribution in [0, 0.1) is 6.92 Å². The fourth-order valence-corrected chi connectivity index (χ4v) is 1.35. The predicted octanol–water partition coefficient (Wildman–Crippen LogP) is 0.765. The summed E-state index contributed by atoms with van der Waals surface area (Å²) in [5.74, 6) is 1.58. The lowest BCUT2D eigenvalue weighted by Gasteiger charge is -2.07. The van der Waals surface area contributed by atoms with Crippen LogP contribution in [0.4, 0.5) is 0 Å². The number of aryl methyl sites for hydroxylation is 2. The van der Waals surface area contributed by atoms with Crippen molar-refractivity contribution >= 4 is 0 Å². The Morgan fingerprint density at radius 1 is 1.50 bits per heavy atom. The lowest BCUT2D eigenvalue weighted by Crippen LogP contribution is -2.15. The van der Waals surface area contributed by atoms with Gasteiger partial charge in [-0.3, -0.25) is 4.68 Å². The van der Waals surface area contributed by atoms with E-state index in [2.05, 4.69) is 10.3 Å². The van der Waals surface area contributed by atoms with Crippen LogP contribution in [0.3, 0.4) is 0 Å². The van der Waals surface area contributed by atoms with Gasteiger partial charge in [-0.1, -0.05) is 5.21 Å². The van der Waals surface area contributed by atoms with Crippen LogP contribution in [0.15, 0.2) is 22.7 Å². The maximum Gasteiger partial charge on any atom is 0.127 e. The summed E-state index contributed by atoms with van der Waals surface area (Å²) in [6, 6.07) is 3.45. The van der Waals surface area contributed by atoms with Gasteiger partial charge in [0.25, 0.3) is 0 Å². The van der Waals surface area contributed by atoms with Gasteiger partial charge in [0, 0.05) is 7.05 Å². The third-order valence-electron chi connectivity index (χ3n) is 2.14. The Morgan fingerprint density at radius 3 is 2.79 bits per heavy atom. The van der Waals surface area contributed by atoms with E-state index in [1.165, 1.54) is 0 Å². The number of nitrogens with zero attached hydrogens (tertiary/aromatic N) is 3. The molecule has 0 fully saturated rings. The standard InChI is InChI=1S/C9H12N4O/c1-6-3-4-8(14-6)9(10)7-5-11-12-13(7)2/h3-5,9H,10H2,1-2H3. The smallest absolute Gasteiger partial charge is 0.127 e. The quantitative estimate of drug-likeness (QED) is 0.762. The lowest BCUT2D eigenvalue weighted by atomic mass is 10.2. The van der Waals surface area contributed by atoms with Gasteiger partial charge in [0.05, 0.1) is 11.9 Å². The van der Waals surface area contributed by atoms with Gasteiger partial charge in [-0.15, -0.1) is 5.10 Å². The van der Waals surface area contributed by atoms with Crippen LogP contribution in [0.25, 0.3) is 0 Å². The molecule has 1 atom stereocenters. The molecule has 0 aliphatic heterocycles. The predicted molar refractivity (Wildman–Crippen MR) is 50.5 cm³/mol. The molecule has 0 spiro atoms. The monoisotopic (exact) mass is 192 g/mol. The van der Waals surface area contributed by atoms with E-state index in [9.17, 15) is 0 Å². The Morgan fingerprint density at radius 2 is 2.29 bits per heavy atom. The molecule has 74 valence electrons. The van der Waals surface area contributed by atoms with Crippen molar-refractivity contribution in [3.05, 3.63) is 35.5 Å². The topological polar surface area (TPSA) is 69.9 Å². The van der Waals surface area contributed by atoms with Crippen molar-refractivity contribution < 1.29 is 4.42 Å². The van der Waals surface area contributed by atoms with Crippen LogP contribution >= 0.6 is 0 Å². The van der Waals surface area contributed by atoms with E-state index < -0.39 is 0 Å². The van der Waals surface area contributed by atoms with Gasteiger partial charge >= 0.3 is 0 Å². The average Bonchev–Trinajstić information content (AvgIpc) is 2.73. The van der Waals surface area contributed by atoms with Crippen LogP contribution in [0.5, 0.6) is 0 Å². The number of hydrogen-bond acceptors (Lipinski definition) is 4. The van der Waals surface area contributed by atoms with Gasteiger partial charge in [0.2, 0.25) is 0 Å². The second-order valence-electron chi connectivity index (χ2n) is 3.21. The Bertz CT molecular complexity index is 431. The van der Waals surface area contributed by atoms with E-state index in [1.54, 1.807) is 17.9 Å². The summed E-state index contributed by atoms with van der Waals surface area (Å²) in [7, 11) is 1.80. The van der Waals surface area contributed by atoms with Crippen LogP contribution in [0.2, 0.25) is 0 Å². The first-order valence-electron chi connectivity index (χ1n) is 4.35. The van der Waals surface area contributed by atoms with Crippen molar-refractivity contribution in [1.82, 2.24) is 15.0 Å². The summed E-state index contributed by atoms with van der Waals surface area (Å²) >= 11 is 0. The van der Waals surface area contributed by atoms with E-state index in [1.807, 2.05) is 19.1 Å². The summed E-state index contributed by atoms with van der Waals surface area (Å²) < 4.78 is 7.07. The van der Waals surface area contributed by atoms with E-state index in [0.29, 0.717) is 0 Å². The second-order valence-corrected chi connectivity index (χ2v) is 3.21. The van der Waals surface area contributed by atoms with E-state index >= 15 is 0 Å². The summed E-state index contributed by atoms with van der Waals surface area (Å²) in [6.45, 7) is 1.89. The maximum absolute atomic E-state index is 5.98. The maximum atomic E-state index is 5.98. The van der Waals surface area contributed by atoms with Gasteiger partial charge in [-0.2, -0.15) is 0 Å². The molecule has 2 aromatic heterocycles. The van der Waals surface area contributed by atoms with E-state index in [0.717, 1.165) is 17.2 Å². The minimum atomic E-state index is -0.302. The largest absolute Gasteiger partial charge is 0.464 e. The highest BCUT2D eigenvalue weighted by atomic mass is 16.3. The molecule has 0 aromatic carbocycles. The third kappa shape index (κ3) is 1.42. The first-order chi connectivity index (χ1) is 6.68. The Balaban J connectivity index is 2.33. The fraction of sp³-hybridized carbons (Fsp3) is 0.333. The molecular weight excluding hydrogens is 180 g/mol. The van der Waals surface area contributed by atoms with Crippen LogP contribution in [-0.2, 0) is 7.05 Å². The Labute approximate surface area is 81.5 Å². The molecule has 2 aromatic rings. The number of hydrogen-bond donors (Lipinski definition) is 1. The minimum absolute atomic E-state index is 0.302.